The fourth-order valence-corrected chi connectivity index (χ4v) is 7.52. The van der Waals surface area contributed by atoms with Crippen LogP contribution in [-0.2, 0) is 32.1 Å². The molecular weight excluding hydrogens is 526 g/mol. The molecule has 6 atom stereocenters. The van der Waals surface area contributed by atoms with Crippen molar-refractivity contribution < 1.29 is 34.2 Å². The third kappa shape index (κ3) is 4.40. The fraction of sp³-hybridized carbons (Fsp3) is 0.516. The quantitative estimate of drug-likeness (QED) is 0.438. The molecule has 0 aliphatic heterocycles. The maximum atomic E-state index is 14.0. The molecule has 0 aromatic heterocycles. The minimum absolute atomic E-state index is 0.0109. The van der Waals surface area contributed by atoms with Crippen LogP contribution in [0.5, 0.6) is 5.75 Å². The number of nitrogens with zero attached hydrogens (tertiary/aromatic N) is 2. The van der Waals surface area contributed by atoms with Gasteiger partial charge >= 0.3 is 0 Å². The summed E-state index contributed by atoms with van der Waals surface area (Å²) < 4.78 is 0. The third-order valence-electron chi connectivity index (χ3n) is 9.06. The number of ketones is 4. The van der Waals surface area contributed by atoms with Gasteiger partial charge in [0.15, 0.2) is 34.7 Å². The number of carbonyl (C=O) groups is 5. The number of aromatic hydroxyl groups is 1. The van der Waals surface area contributed by atoms with Crippen LogP contribution in [0.15, 0.2) is 24.3 Å². The first-order chi connectivity index (χ1) is 19.2. The summed E-state index contributed by atoms with van der Waals surface area (Å²) in [6.45, 7) is 5.79. The minimum atomic E-state index is -2.72. The molecule has 1 amide bonds. The molecule has 2 fully saturated rings. The van der Waals surface area contributed by atoms with Crippen molar-refractivity contribution in [3.05, 3.63) is 41.0 Å². The zero-order valence-electron chi connectivity index (χ0n) is 24.0. The van der Waals surface area contributed by atoms with Gasteiger partial charge in [0.25, 0.3) is 0 Å². The lowest BCUT2D eigenvalue weighted by Gasteiger charge is -2.52. The third-order valence-corrected chi connectivity index (χ3v) is 9.06. The summed E-state index contributed by atoms with van der Waals surface area (Å²) in [7, 11) is 5.14. The number of hydrogen-bond acceptors (Lipinski definition) is 9. The maximum absolute atomic E-state index is 14.0. The van der Waals surface area contributed by atoms with Crippen LogP contribution in [0.4, 0.5) is 0 Å². The van der Waals surface area contributed by atoms with Gasteiger partial charge in [-0.3, -0.25) is 28.9 Å². The van der Waals surface area contributed by atoms with Crippen molar-refractivity contribution in [1.82, 2.24) is 9.80 Å². The van der Waals surface area contributed by atoms with Crippen LogP contribution in [0.2, 0.25) is 0 Å². The van der Waals surface area contributed by atoms with E-state index in [1.165, 1.54) is 4.90 Å². The number of Topliss-reactive ketones (excluding diaryl/α,β-unsaturated/α-hetero) is 4. The largest absolute Gasteiger partial charge is 0.507 e. The standard InChI is InChI=1S/C31H37N3O7/c1-14(2)12-34(5)13-15-6-7-16-9-17-10-18-11-20-24(33(3)4)27(37)23(30(32)40)29(39)31(20,41)28(38)22(18)26(36)21(17)25(35)19(16)8-15/h6-9,14,18,20,22-24,35,41H,10-13H2,1-5H3,(H2,32,40)/t18-,20-,22?,23?,24-,31-/m0/s1. The molecule has 3 aliphatic carbocycles. The van der Waals surface area contributed by atoms with Gasteiger partial charge in [0, 0.05) is 24.4 Å². The summed E-state index contributed by atoms with van der Waals surface area (Å²) in [4.78, 5) is 70.3. The van der Waals surface area contributed by atoms with Crippen molar-refractivity contribution in [3.63, 3.8) is 0 Å². The van der Waals surface area contributed by atoms with Crippen LogP contribution in [0, 0.1) is 29.6 Å². The Morgan fingerprint density at radius 2 is 1.78 bits per heavy atom. The molecule has 4 N–H and O–H groups in total. The number of carbonyl (C=O) groups excluding carboxylic acids is 5. The molecule has 10 nitrogen and oxygen atoms in total. The van der Waals surface area contributed by atoms with Crippen molar-refractivity contribution in [2.75, 3.05) is 27.7 Å². The number of amides is 1. The average Bonchev–Trinajstić information content (AvgIpc) is 2.85. The number of rotatable bonds is 6. The van der Waals surface area contributed by atoms with E-state index in [9.17, 15) is 34.2 Å². The van der Waals surface area contributed by atoms with Crippen LogP contribution in [-0.4, -0.2) is 88.4 Å². The number of primary amides is 1. The molecule has 2 aromatic carbocycles. The lowest BCUT2D eigenvalue weighted by atomic mass is 9.52. The van der Waals surface area contributed by atoms with Gasteiger partial charge in [-0.05, 0) is 68.4 Å². The first-order valence-corrected chi connectivity index (χ1v) is 14.0. The molecule has 0 saturated heterocycles. The molecule has 0 spiro atoms. The number of hydrogen-bond donors (Lipinski definition) is 3. The zero-order valence-corrected chi connectivity index (χ0v) is 24.0. The predicted molar refractivity (Wildman–Crippen MR) is 150 cm³/mol. The molecule has 41 heavy (non-hydrogen) atoms. The van der Waals surface area contributed by atoms with E-state index >= 15 is 0 Å². The van der Waals surface area contributed by atoms with Crippen molar-refractivity contribution in [3.8, 4) is 5.75 Å². The van der Waals surface area contributed by atoms with Gasteiger partial charge in [0.1, 0.15) is 5.75 Å². The van der Waals surface area contributed by atoms with Gasteiger partial charge in [-0.1, -0.05) is 32.0 Å². The van der Waals surface area contributed by atoms with Crippen LogP contribution < -0.4 is 5.73 Å². The Morgan fingerprint density at radius 3 is 2.39 bits per heavy atom. The number of phenols is 1. The molecule has 0 radical (unpaired) electrons. The van der Waals surface area contributed by atoms with E-state index in [0.29, 0.717) is 23.4 Å². The van der Waals surface area contributed by atoms with Gasteiger partial charge in [-0.25, -0.2) is 0 Å². The molecular formula is C31H37N3O7. The van der Waals surface area contributed by atoms with E-state index < -0.39 is 64.4 Å². The maximum Gasteiger partial charge on any atom is 0.235 e. The van der Waals surface area contributed by atoms with Crippen LogP contribution >= 0.6 is 0 Å². The lowest BCUT2D eigenvalue weighted by molar-refractivity contribution is -0.181. The molecule has 3 aliphatic rings. The molecule has 10 heteroatoms. The monoisotopic (exact) mass is 563 g/mol. The Balaban J connectivity index is 1.57. The Labute approximate surface area is 238 Å². The van der Waals surface area contributed by atoms with Crippen molar-refractivity contribution in [2.45, 2.75) is 44.9 Å². The van der Waals surface area contributed by atoms with E-state index in [1.54, 1.807) is 14.1 Å². The van der Waals surface area contributed by atoms with Crippen LogP contribution in [0.3, 0.4) is 0 Å². The normalized spacial score (nSPS) is 29.7. The van der Waals surface area contributed by atoms with Crippen molar-refractivity contribution in [2.24, 2.45) is 35.3 Å². The molecule has 0 heterocycles. The highest BCUT2D eigenvalue weighted by Crippen LogP contribution is 2.51. The summed E-state index contributed by atoms with van der Waals surface area (Å²) >= 11 is 0. The fourth-order valence-electron chi connectivity index (χ4n) is 7.52. The van der Waals surface area contributed by atoms with Crippen LogP contribution in [0.25, 0.3) is 10.8 Å². The highest BCUT2D eigenvalue weighted by atomic mass is 16.3. The molecule has 2 aromatic rings. The summed E-state index contributed by atoms with van der Waals surface area (Å²) in [5.41, 5.74) is 4.19. The topological polar surface area (TPSA) is 158 Å². The second-order valence-electron chi connectivity index (χ2n) is 12.7. The van der Waals surface area contributed by atoms with E-state index in [0.717, 1.165) is 17.5 Å². The molecule has 2 unspecified atom stereocenters. The average molecular weight is 564 g/mol. The Bertz CT molecular complexity index is 1500. The second-order valence-corrected chi connectivity index (χ2v) is 12.7. The number of nitrogens with two attached hydrogens (primary N) is 1. The summed E-state index contributed by atoms with van der Waals surface area (Å²) in [5.74, 6) is -9.85. The lowest BCUT2D eigenvalue weighted by Crippen LogP contribution is -2.74. The smallest absolute Gasteiger partial charge is 0.235 e. The SMILES string of the molecule is CC(C)CN(C)Cc1ccc2cc3c(c(O)c2c1)C(=O)C1C(=O)[C@]2(O)C(=O)C(C(N)=O)C(=O)[C@@H](N(C)C)[C@@H]2C[C@@H]1C3. The number of aliphatic hydroxyl groups is 1. The molecule has 0 bridgehead atoms. The molecule has 5 rings (SSSR count). The zero-order chi connectivity index (χ0) is 30.1. The predicted octanol–water partition coefficient (Wildman–Crippen LogP) is 1.11. The first kappa shape index (κ1) is 29.0. The van der Waals surface area contributed by atoms with E-state index in [1.807, 2.05) is 31.3 Å². The Hall–Kier alpha value is -3.47. The molecule has 2 saturated carbocycles. The summed E-state index contributed by atoms with van der Waals surface area (Å²) in [5, 5.41) is 24.3. The second kappa shape index (κ2) is 10.1. The van der Waals surface area contributed by atoms with Gasteiger partial charge in [-0.2, -0.15) is 0 Å². The highest BCUT2D eigenvalue weighted by molar-refractivity contribution is 6.32. The van der Waals surface area contributed by atoms with Crippen LogP contribution in [0.1, 0.15) is 41.8 Å². The number of fused-ring (bicyclic) bond motifs is 4. The van der Waals surface area contributed by atoms with E-state index in [4.69, 9.17) is 5.73 Å². The van der Waals surface area contributed by atoms with Gasteiger partial charge in [0.05, 0.1) is 17.5 Å². The summed E-state index contributed by atoms with van der Waals surface area (Å²) in [6.07, 6.45) is 0.276. The Kier molecular flexibility index (Phi) is 7.16. The van der Waals surface area contributed by atoms with E-state index in [-0.39, 0.29) is 24.2 Å². The number of likely N-dealkylation sites (N-methyl/N-ethyl adjacent to an activating group) is 1. The first-order valence-electron chi connectivity index (χ1n) is 14.0. The van der Waals surface area contributed by atoms with Crippen molar-refractivity contribution >= 4 is 39.8 Å². The van der Waals surface area contributed by atoms with Gasteiger partial charge in [-0.15, -0.1) is 0 Å². The van der Waals surface area contributed by atoms with Gasteiger partial charge < -0.3 is 20.8 Å². The molecule has 218 valence electrons. The van der Waals surface area contributed by atoms with Crippen molar-refractivity contribution in [1.29, 1.82) is 0 Å². The summed E-state index contributed by atoms with van der Waals surface area (Å²) in [6, 6.07) is 6.45. The highest BCUT2D eigenvalue weighted by Gasteiger charge is 2.69. The van der Waals surface area contributed by atoms with Gasteiger partial charge in [0.2, 0.25) is 5.91 Å². The Morgan fingerprint density at radius 1 is 1.10 bits per heavy atom. The number of phenolic OH excluding ortho intramolecular Hbond substituents is 1. The van der Waals surface area contributed by atoms with E-state index in [2.05, 4.69) is 18.7 Å². The number of benzene rings is 2. The minimum Gasteiger partial charge on any atom is -0.507 e.